The van der Waals surface area contributed by atoms with E-state index >= 15 is 0 Å². The van der Waals surface area contributed by atoms with Gasteiger partial charge in [0.2, 0.25) is 0 Å². The number of rotatable bonds is 2. The van der Waals surface area contributed by atoms with E-state index < -0.39 is 0 Å². The van der Waals surface area contributed by atoms with Gasteiger partial charge in [0.05, 0.1) is 0 Å². The zero-order valence-corrected chi connectivity index (χ0v) is 11.3. The third-order valence-corrected chi connectivity index (χ3v) is 2.94. The molecule has 18 heavy (non-hydrogen) atoms. The summed E-state index contributed by atoms with van der Waals surface area (Å²) in [5, 5.41) is 0.382. The van der Waals surface area contributed by atoms with Crippen molar-refractivity contribution in [3.05, 3.63) is 46.5 Å². The van der Waals surface area contributed by atoms with E-state index in [1.165, 1.54) is 12.1 Å². The van der Waals surface area contributed by atoms with Gasteiger partial charge in [-0.2, -0.15) is 0 Å². The Morgan fingerprint density at radius 1 is 1.17 bits per heavy atom. The Balaban J connectivity index is 2.60. The fraction of sp³-hybridized carbons (Fsp3) is 0.286. The molecule has 94 valence electrons. The third-order valence-electron chi connectivity index (χ3n) is 2.75. The van der Waals surface area contributed by atoms with Crippen LogP contribution < -0.4 is 0 Å². The molecule has 2 nitrogen and oxygen atoms in total. The summed E-state index contributed by atoms with van der Waals surface area (Å²) in [4.78, 5) is 8.62. The van der Waals surface area contributed by atoms with Gasteiger partial charge in [0.15, 0.2) is 5.82 Å². The van der Waals surface area contributed by atoms with Crippen LogP contribution in [-0.2, 0) is 0 Å². The summed E-state index contributed by atoms with van der Waals surface area (Å²) in [5.41, 5.74) is 2.46. The van der Waals surface area contributed by atoms with Crippen molar-refractivity contribution in [2.45, 2.75) is 26.7 Å². The molecule has 2 aromatic rings. The Kier molecular flexibility index (Phi) is 3.62. The monoisotopic (exact) mass is 264 g/mol. The van der Waals surface area contributed by atoms with E-state index in [0.29, 0.717) is 16.5 Å². The Labute approximate surface area is 111 Å². The molecule has 1 heterocycles. The van der Waals surface area contributed by atoms with Crippen LogP contribution in [0.1, 0.15) is 31.0 Å². The van der Waals surface area contributed by atoms with E-state index in [1.807, 2.05) is 20.8 Å². The predicted octanol–water partition coefficient (Wildman–Crippen LogP) is 4.37. The maximum Gasteiger partial charge on any atom is 0.161 e. The van der Waals surface area contributed by atoms with Gasteiger partial charge < -0.3 is 0 Å². The molecule has 0 radical (unpaired) electrons. The summed E-state index contributed by atoms with van der Waals surface area (Å²) < 4.78 is 13.3. The fourth-order valence-electron chi connectivity index (χ4n) is 1.69. The molecule has 1 aromatic heterocycles. The smallest absolute Gasteiger partial charge is 0.161 e. The highest BCUT2D eigenvalue weighted by Gasteiger charge is 2.11. The van der Waals surface area contributed by atoms with Crippen LogP contribution in [0.2, 0.25) is 5.15 Å². The van der Waals surface area contributed by atoms with E-state index in [1.54, 1.807) is 12.1 Å². The minimum absolute atomic E-state index is 0.248. The van der Waals surface area contributed by atoms with Crippen molar-refractivity contribution in [2.75, 3.05) is 0 Å². The highest BCUT2D eigenvalue weighted by Crippen LogP contribution is 2.24. The maximum absolute atomic E-state index is 13.3. The molecule has 0 fully saturated rings. The minimum Gasteiger partial charge on any atom is -0.233 e. The standard InChI is InChI=1S/C14H14ClFN2/c1-8(2)12-7-13(15)18-14(17-12)11-6-10(16)5-4-9(11)3/h4-8H,1-3H3. The fourth-order valence-corrected chi connectivity index (χ4v) is 1.88. The quantitative estimate of drug-likeness (QED) is 0.753. The molecule has 4 heteroatoms. The van der Waals surface area contributed by atoms with Crippen molar-refractivity contribution < 1.29 is 4.39 Å². The minimum atomic E-state index is -0.301. The molecule has 2 rings (SSSR count). The molecule has 1 aromatic carbocycles. The number of hydrogen-bond donors (Lipinski definition) is 0. The number of halogens is 2. The largest absolute Gasteiger partial charge is 0.233 e. The van der Waals surface area contributed by atoms with E-state index in [9.17, 15) is 4.39 Å². The Bertz CT molecular complexity index is 582. The molecule has 0 saturated heterocycles. The van der Waals surface area contributed by atoms with Gasteiger partial charge in [-0.05, 0) is 36.6 Å². The van der Waals surface area contributed by atoms with Crippen LogP contribution in [0.15, 0.2) is 24.3 Å². The molecule has 0 aliphatic heterocycles. The molecular weight excluding hydrogens is 251 g/mol. The first-order valence-corrected chi connectivity index (χ1v) is 6.16. The van der Waals surface area contributed by atoms with Crippen molar-refractivity contribution in [1.82, 2.24) is 9.97 Å². The molecule has 0 amide bonds. The summed E-state index contributed by atoms with van der Waals surface area (Å²) in [6.45, 7) is 5.95. The molecular formula is C14H14ClFN2. The van der Waals surface area contributed by atoms with Crippen LogP contribution >= 0.6 is 11.6 Å². The van der Waals surface area contributed by atoms with Gasteiger partial charge >= 0.3 is 0 Å². The molecule has 0 saturated carbocycles. The Morgan fingerprint density at radius 3 is 2.56 bits per heavy atom. The predicted molar refractivity (Wildman–Crippen MR) is 71.3 cm³/mol. The van der Waals surface area contributed by atoms with Crippen LogP contribution in [0.5, 0.6) is 0 Å². The number of benzene rings is 1. The van der Waals surface area contributed by atoms with Gasteiger partial charge in [0.1, 0.15) is 11.0 Å². The average molecular weight is 265 g/mol. The van der Waals surface area contributed by atoms with Crippen LogP contribution in [-0.4, -0.2) is 9.97 Å². The van der Waals surface area contributed by atoms with Gasteiger partial charge in [-0.25, -0.2) is 14.4 Å². The zero-order valence-electron chi connectivity index (χ0n) is 10.5. The lowest BCUT2D eigenvalue weighted by atomic mass is 10.1. The topological polar surface area (TPSA) is 25.8 Å². The van der Waals surface area contributed by atoms with Crippen molar-refractivity contribution >= 4 is 11.6 Å². The van der Waals surface area contributed by atoms with E-state index in [-0.39, 0.29) is 11.7 Å². The molecule has 0 N–H and O–H groups in total. The highest BCUT2D eigenvalue weighted by atomic mass is 35.5. The summed E-state index contributed by atoms with van der Waals surface area (Å²) in [7, 11) is 0. The molecule has 0 unspecified atom stereocenters. The van der Waals surface area contributed by atoms with Crippen molar-refractivity contribution in [1.29, 1.82) is 0 Å². The van der Waals surface area contributed by atoms with Gasteiger partial charge in [0, 0.05) is 11.3 Å². The van der Waals surface area contributed by atoms with Crippen LogP contribution in [0.25, 0.3) is 11.4 Å². The van der Waals surface area contributed by atoms with Crippen LogP contribution in [0.4, 0.5) is 4.39 Å². The molecule has 0 aliphatic rings. The first kappa shape index (κ1) is 13.0. The molecule has 0 spiro atoms. The first-order valence-electron chi connectivity index (χ1n) is 5.78. The van der Waals surface area contributed by atoms with E-state index in [0.717, 1.165) is 11.3 Å². The molecule has 0 atom stereocenters. The summed E-state index contributed by atoms with van der Waals surface area (Å²) >= 11 is 5.99. The van der Waals surface area contributed by atoms with Crippen molar-refractivity contribution in [3.8, 4) is 11.4 Å². The number of hydrogen-bond acceptors (Lipinski definition) is 2. The summed E-state index contributed by atoms with van der Waals surface area (Å²) in [6.07, 6.45) is 0. The second kappa shape index (κ2) is 5.02. The van der Waals surface area contributed by atoms with E-state index in [4.69, 9.17) is 11.6 Å². The Morgan fingerprint density at radius 2 is 1.89 bits per heavy atom. The van der Waals surface area contributed by atoms with Crippen LogP contribution in [0.3, 0.4) is 0 Å². The SMILES string of the molecule is Cc1ccc(F)cc1-c1nc(Cl)cc(C(C)C)n1. The van der Waals surface area contributed by atoms with Gasteiger partial charge in [-0.15, -0.1) is 0 Å². The lowest BCUT2D eigenvalue weighted by Gasteiger charge is -2.09. The first-order chi connectivity index (χ1) is 8.47. The zero-order chi connectivity index (χ0) is 13.3. The second-order valence-corrected chi connectivity index (χ2v) is 4.94. The molecule has 0 bridgehead atoms. The lowest BCUT2D eigenvalue weighted by molar-refractivity contribution is 0.627. The van der Waals surface area contributed by atoms with Crippen molar-refractivity contribution in [3.63, 3.8) is 0 Å². The summed E-state index contributed by atoms with van der Waals surface area (Å²) in [5.74, 6) is 0.423. The average Bonchev–Trinajstić information content (AvgIpc) is 2.31. The molecule has 0 aliphatic carbocycles. The van der Waals surface area contributed by atoms with Gasteiger partial charge in [-0.1, -0.05) is 31.5 Å². The number of nitrogens with zero attached hydrogens (tertiary/aromatic N) is 2. The van der Waals surface area contributed by atoms with Crippen molar-refractivity contribution in [2.24, 2.45) is 0 Å². The lowest BCUT2D eigenvalue weighted by Crippen LogP contribution is -1.99. The summed E-state index contributed by atoms with van der Waals surface area (Å²) in [6, 6.07) is 6.31. The second-order valence-electron chi connectivity index (χ2n) is 4.55. The maximum atomic E-state index is 13.3. The highest BCUT2D eigenvalue weighted by molar-refractivity contribution is 6.29. The third kappa shape index (κ3) is 2.67. The van der Waals surface area contributed by atoms with Gasteiger partial charge in [-0.3, -0.25) is 0 Å². The Hall–Kier alpha value is -1.48. The van der Waals surface area contributed by atoms with Gasteiger partial charge in [0.25, 0.3) is 0 Å². The normalized spacial score (nSPS) is 11.0. The van der Waals surface area contributed by atoms with Crippen LogP contribution in [0, 0.1) is 12.7 Å². The van der Waals surface area contributed by atoms with E-state index in [2.05, 4.69) is 9.97 Å². The number of aromatic nitrogens is 2. The number of aryl methyl sites for hydroxylation is 1.